The second kappa shape index (κ2) is 9.21. The number of nitrogens with zero attached hydrogens (tertiary/aromatic N) is 1. The molecule has 1 heterocycles. The summed E-state index contributed by atoms with van der Waals surface area (Å²) in [6.07, 6.45) is 2.40. The molecule has 1 aliphatic carbocycles. The fraction of sp³-hybridized carbons (Fsp3) is 0.241. The first-order chi connectivity index (χ1) is 15.3. The van der Waals surface area contributed by atoms with E-state index < -0.39 is 0 Å². The third-order valence-corrected chi connectivity index (χ3v) is 7.46. The fourth-order valence-electron chi connectivity index (χ4n) is 5.15. The smallest absolute Gasteiger partial charge is 0.0342 e. The first kappa shape index (κ1) is 20.2. The van der Waals surface area contributed by atoms with E-state index in [0.29, 0.717) is 11.8 Å². The van der Waals surface area contributed by atoms with Crippen molar-refractivity contribution >= 4 is 11.3 Å². The molecule has 0 fully saturated rings. The molecule has 2 atom stereocenters. The summed E-state index contributed by atoms with van der Waals surface area (Å²) in [5.41, 5.74) is 7.25. The largest absolute Gasteiger partial charge is 0.302 e. The van der Waals surface area contributed by atoms with E-state index in [4.69, 9.17) is 0 Å². The van der Waals surface area contributed by atoms with E-state index in [9.17, 15) is 0 Å². The Kier molecular flexibility index (Phi) is 6.01. The minimum atomic E-state index is 0.459. The molecule has 4 aromatic rings. The molecule has 2 heteroatoms. The van der Waals surface area contributed by atoms with Gasteiger partial charge in [0, 0.05) is 23.9 Å². The third-order valence-electron chi connectivity index (χ3n) is 6.54. The Bertz CT molecular complexity index is 1100. The van der Waals surface area contributed by atoms with Gasteiger partial charge in [-0.15, -0.1) is 11.3 Å². The predicted octanol–water partition coefficient (Wildman–Crippen LogP) is 7.24. The maximum atomic E-state index is 2.50. The van der Waals surface area contributed by atoms with Crippen LogP contribution in [0.2, 0.25) is 0 Å². The summed E-state index contributed by atoms with van der Waals surface area (Å²) in [7, 11) is 2.27. The van der Waals surface area contributed by atoms with Crippen LogP contribution in [0, 0.1) is 5.92 Å². The first-order valence-corrected chi connectivity index (χ1v) is 12.1. The molecule has 0 aliphatic heterocycles. The highest BCUT2D eigenvalue weighted by atomic mass is 32.1. The second-order valence-electron chi connectivity index (χ2n) is 8.76. The monoisotopic (exact) mass is 423 g/mol. The van der Waals surface area contributed by atoms with Crippen LogP contribution < -0.4 is 0 Å². The van der Waals surface area contributed by atoms with Crippen LogP contribution >= 0.6 is 11.3 Å². The maximum Gasteiger partial charge on any atom is 0.0342 e. The molecular weight excluding hydrogens is 394 g/mol. The normalized spacial score (nSPS) is 18.1. The lowest BCUT2D eigenvalue weighted by molar-refractivity contribution is 0.239. The molecule has 3 aromatic carbocycles. The molecule has 156 valence electrons. The number of aryl methyl sites for hydroxylation is 1. The molecule has 1 aromatic heterocycles. The highest BCUT2D eigenvalue weighted by molar-refractivity contribution is 7.13. The topological polar surface area (TPSA) is 3.24 Å². The molecule has 0 spiro atoms. The van der Waals surface area contributed by atoms with Gasteiger partial charge in [0.05, 0.1) is 0 Å². The van der Waals surface area contributed by atoms with Crippen molar-refractivity contribution < 1.29 is 0 Å². The maximum absolute atomic E-state index is 2.50. The Morgan fingerprint density at radius 3 is 2.39 bits per heavy atom. The highest BCUT2D eigenvalue weighted by Crippen LogP contribution is 2.42. The summed E-state index contributed by atoms with van der Waals surface area (Å²) in [5.74, 6) is 1.08. The molecule has 0 radical (unpaired) electrons. The van der Waals surface area contributed by atoms with E-state index in [2.05, 4.69) is 108 Å². The van der Waals surface area contributed by atoms with Crippen LogP contribution in [0.15, 0.2) is 96.4 Å². The van der Waals surface area contributed by atoms with Gasteiger partial charge < -0.3 is 4.90 Å². The zero-order valence-corrected chi connectivity index (χ0v) is 18.9. The van der Waals surface area contributed by atoms with Crippen LogP contribution in [0.4, 0.5) is 0 Å². The minimum Gasteiger partial charge on any atom is -0.302 e. The van der Waals surface area contributed by atoms with Gasteiger partial charge in [0.1, 0.15) is 0 Å². The van der Waals surface area contributed by atoms with Crippen molar-refractivity contribution in [3.8, 4) is 10.4 Å². The second-order valence-corrected chi connectivity index (χ2v) is 9.71. The van der Waals surface area contributed by atoms with E-state index in [-0.39, 0.29) is 0 Å². The van der Waals surface area contributed by atoms with E-state index in [1.54, 1.807) is 0 Å². The van der Waals surface area contributed by atoms with Gasteiger partial charge in [0.25, 0.3) is 0 Å². The number of hydrogen-bond donors (Lipinski definition) is 0. The lowest BCUT2D eigenvalue weighted by Crippen LogP contribution is -2.32. The Labute approximate surface area is 190 Å². The third kappa shape index (κ3) is 4.51. The summed E-state index contributed by atoms with van der Waals surface area (Å²) in [6.45, 7) is 2.11. The van der Waals surface area contributed by atoms with Crippen LogP contribution in [-0.2, 0) is 13.0 Å². The highest BCUT2D eigenvalue weighted by Gasteiger charge is 2.31. The van der Waals surface area contributed by atoms with Gasteiger partial charge >= 0.3 is 0 Å². The van der Waals surface area contributed by atoms with Crippen LogP contribution in [0.3, 0.4) is 0 Å². The molecule has 0 unspecified atom stereocenters. The zero-order chi connectivity index (χ0) is 21.0. The molecule has 1 aliphatic rings. The van der Waals surface area contributed by atoms with E-state index in [0.717, 1.165) is 13.1 Å². The molecule has 1 nitrogen and oxygen atoms in total. The molecule has 5 rings (SSSR count). The van der Waals surface area contributed by atoms with Crippen LogP contribution in [0.5, 0.6) is 0 Å². The van der Waals surface area contributed by atoms with E-state index >= 15 is 0 Å². The zero-order valence-electron chi connectivity index (χ0n) is 18.1. The predicted molar refractivity (Wildman–Crippen MR) is 133 cm³/mol. The fourth-order valence-corrected chi connectivity index (χ4v) is 5.88. The average Bonchev–Trinajstić information content (AvgIpc) is 3.35. The SMILES string of the molecule is CN(Cc1ccccc1)C[C@H]1CCc2cc(-c3cccs3)ccc2[C@H]1c1ccccc1. The van der Waals surface area contributed by atoms with Crippen molar-refractivity contribution in [2.45, 2.75) is 25.3 Å². The lowest BCUT2D eigenvalue weighted by Gasteiger charge is -2.37. The van der Waals surface area contributed by atoms with Crippen molar-refractivity contribution in [3.05, 3.63) is 119 Å². The molecular formula is C29H29NS. The van der Waals surface area contributed by atoms with E-state index in [1.807, 2.05) is 11.3 Å². The summed E-state index contributed by atoms with van der Waals surface area (Å²) < 4.78 is 0. The van der Waals surface area contributed by atoms with Gasteiger partial charge in [-0.25, -0.2) is 0 Å². The number of thiophene rings is 1. The van der Waals surface area contributed by atoms with E-state index in [1.165, 1.54) is 45.5 Å². The lowest BCUT2D eigenvalue weighted by atomic mass is 9.71. The van der Waals surface area contributed by atoms with Gasteiger partial charge in [-0.1, -0.05) is 84.9 Å². The van der Waals surface area contributed by atoms with Gasteiger partial charge in [-0.05, 0) is 65.1 Å². The van der Waals surface area contributed by atoms with Crippen molar-refractivity contribution in [2.24, 2.45) is 5.92 Å². The standard InChI is InChI=1S/C29H29NS/c1-30(20-22-9-4-2-5-10-22)21-26-15-14-24-19-25(28-13-8-18-31-28)16-17-27(24)29(26)23-11-6-3-7-12-23/h2-13,16-19,26,29H,14-15,20-21H2,1H3/t26-,29+/m1/s1. The van der Waals surface area contributed by atoms with Crippen LogP contribution in [-0.4, -0.2) is 18.5 Å². The number of benzene rings is 3. The molecule has 0 N–H and O–H groups in total. The van der Waals surface area contributed by atoms with Gasteiger partial charge in [0.2, 0.25) is 0 Å². The van der Waals surface area contributed by atoms with Gasteiger partial charge in [0.15, 0.2) is 0 Å². The summed E-state index contributed by atoms with van der Waals surface area (Å²) in [4.78, 5) is 3.87. The molecule has 0 saturated heterocycles. The Balaban J connectivity index is 1.44. The molecule has 0 bridgehead atoms. The molecule has 0 amide bonds. The molecule has 31 heavy (non-hydrogen) atoms. The van der Waals surface area contributed by atoms with Crippen LogP contribution in [0.1, 0.15) is 34.6 Å². The van der Waals surface area contributed by atoms with Crippen molar-refractivity contribution in [3.63, 3.8) is 0 Å². The van der Waals surface area contributed by atoms with Crippen molar-refractivity contribution in [1.29, 1.82) is 0 Å². The van der Waals surface area contributed by atoms with Crippen LogP contribution in [0.25, 0.3) is 10.4 Å². The number of fused-ring (bicyclic) bond motifs is 1. The first-order valence-electron chi connectivity index (χ1n) is 11.2. The van der Waals surface area contributed by atoms with Crippen molar-refractivity contribution in [1.82, 2.24) is 4.90 Å². The summed E-state index contributed by atoms with van der Waals surface area (Å²) in [6, 6.07) is 33.5. The Morgan fingerprint density at radius 2 is 1.65 bits per heavy atom. The summed E-state index contributed by atoms with van der Waals surface area (Å²) in [5, 5.41) is 2.17. The minimum absolute atomic E-state index is 0.459. The van der Waals surface area contributed by atoms with Crippen molar-refractivity contribution in [2.75, 3.05) is 13.6 Å². The number of rotatable bonds is 6. The molecule has 0 saturated carbocycles. The Hall–Kier alpha value is -2.68. The summed E-state index contributed by atoms with van der Waals surface area (Å²) >= 11 is 1.83. The van der Waals surface area contributed by atoms with Gasteiger partial charge in [-0.3, -0.25) is 0 Å². The van der Waals surface area contributed by atoms with Gasteiger partial charge in [-0.2, -0.15) is 0 Å². The Morgan fingerprint density at radius 1 is 0.871 bits per heavy atom. The average molecular weight is 424 g/mol. The quantitative estimate of drug-likeness (QED) is 0.316. The number of hydrogen-bond acceptors (Lipinski definition) is 2.